The van der Waals surface area contributed by atoms with Gasteiger partial charge in [-0.05, 0) is 39.8 Å². The van der Waals surface area contributed by atoms with Gasteiger partial charge in [0.1, 0.15) is 29.8 Å². The van der Waals surface area contributed by atoms with Gasteiger partial charge in [-0.25, -0.2) is 23.9 Å². The molecule has 0 saturated carbocycles. The van der Waals surface area contributed by atoms with Crippen LogP contribution in [0.2, 0.25) is 0 Å². The fourth-order valence-corrected chi connectivity index (χ4v) is 5.69. The topological polar surface area (TPSA) is 159 Å². The fraction of sp³-hybridized carbons (Fsp3) is 0.462. The average molecular weight is 591 g/mol. The number of para-hydroxylation sites is 1. The summed E-state index contributed by atoms with van der Waals surface area (Å²) in [6.07, 6.45) is 1.52. The lowest BCUT2D eigenvalue weighted by Gasteiger charge is -2.25. The number of alkyl halides is 1. The Hall–Kier alpha value is -3.60. The van der Waals surface area contributed by atoms with Gasteiger partial charge in [0.05, 0.1) is 19.0 Å². The number of esters is 1. The van der Waals surface area contributed by atoms with E-state index in [-0.39, 0.29) is 11.4 Å². The van der Waals surface area contributed by atoms with Crippen molar-refractivity contribution >= 4 is 30.7 Å². The molecular weight excluding hydrogens is 558 g/mol. The van der Waals surface area contributed by atoms with E-state index in [1.54, 1.807) is 46.0 Å². The number of hydrogen-bond donors (Lipinski definition) is 3. The number of aliphatic hydroxyl groups excluding tert-OH is 1. The SMILES string of the molecule is C#C[C@@]1(F)[C@H](O)[C@@H](COP(=O)(N[C@@H](C)C(=O)OC(C)C)Oc2ccccc2)O[C@H]1n1cnc2c(NC)nc(C)nc21. The molecule has 6 atom stereocenters. The first-order valence-electron chi connectivity index (χ1n) is 12.8. The maximum atomic E-state index is 16.2. The molecule has 41 heavy (non-hydrogen) atoms. The highest BCUT2D eigenvalue weighted by atomic mass is 31.2. The van der Waals surface area contributed by atoms with Crippen LogP contribution in [0, 0.1) is 19.3 Å². The van der Waals surface area contributed by atoms with Crippen LogP contribution in [0.3, 0.4) is 0 Å². The molecular formula is C26H32FN6O7P. The molecule has 3 N–H and O–H groups in total. The average Bonchev–Trinajstić information content (AvgIpc) is 3.45. The third-order valence-electron chi connectivity index (χ3n) is 6.12. The van der Waals surface area contributed by atoms with Crippen molar-refractivity contribution in [3.8, 4) is 18.1 Å². The van der Waals surface area contributed by atoms with Crippen molar-refractivity contribution in [3.63, 3.8) is 0 Å². The predicted molar refractivity (Wildman–Crippen MR) is 147 cm³/mol. The highest BCUT2D eigenvalue weighted by molar-refractivity contribution is 7.52. The van der Waals surface area contributed by atoms with Gasteiger partial charge in [0.2, 0.25) is 5.67 Å². The molecule has 0 radical (unpaired) electrons. The Kier molecular flexibility index (Phi) is 8.96. The molecule has 1 saturated heterocycles. The first kappa shape index (κ1) is 30.4. The summed E-state index contributed by atoms with van der Waals surface area (Å²) in [7, 11) is -2.67. The molecule has 1 fully saturated rings. The number of imidazole rings is 1. The van der Waals surface area contributed by atoms with Gasteiger partial charge in [0.25, 0.3) is 0 Å². The summed E-state index contributed by atoms with van der Waals surface area (Å²) in [5.41, 5.74) is -2.19. The lowest BCUT2D eigenvalue weighted by Crippen LogP contribution is -2.42. The molecule has 3 heterocycles. The summed E-state index contributed by atoms with van der Waals surface area (Å²) < 4.78 is 53.4. The fourth-order valence-electron chi connectivity index (χ4n) is 4.19. The van der Waals surface area contributed by atoms with Crippen molar-refractivity contribution in [3.05, 3.63) is 42.5 Å². The Labute approximate surface area is 236 Å². The first-order chi connectivity index (χ1) is 19.4. The normalized spacial score (nSPS) is 24.5. The van der Waals surface area contributed by atoms with Gasteiger partial charge in [-0.3, -0.25) is 13.9 Å². The van der Waals surface area contributed by atoms with Gasteiger partial charge in [-0.1, -0.05) is 24.1 Å². The smallest absolute Gasteiger partial charge is 0.459 e. The Morgan fingerprint density at radius 3 is 2.66 bits per heavy atom. The van der Waals surface area contributed by atoms with Gasteiger partial charge in [-0.15, -0.1) is 6.42 Å². The van der Waals surface area contributed by atoms with Crippen LogP contribution in [0.15, 0.2) is 36.7 Å². The zero-order valence-corrected chi connectivity index (χ0v) is 24.0. The molecule has 0 spiro atoms. The number of fused-ring (bicyclic) bond motifs is 1. The van der Waals surface area contributed by atoms with Gasteiger partial charge < -0.3 is 24.4 Å². The number of ether oxygens (including phenoxy) is 2. The van der Waals surface area contributed by atoms with E-state index in [9.17, 15) is 14.5 Å². The number of anilines is 1. The molecule has 1 aliphatic rings. The van der Waals surface area contributed by atoms with Crippen molar-refractivity contribution < 1.29 is 37.4 Å². The molecule has 13 nitrogen and oxygen atoms in total. The summed E-state index contributed by atoms with van der Waals surface area (Å²) in [5.74, 6) is 2.24. The number of halogens is 1. The number of nitrogens with one attached hydrogen (secondary N) is 2. The van der Waals surface area contributed by atoms with Gasteiger partial charge in [0, 0.05) is 7.05 Å². The number of nitrogens with zero attached hydrogens (tertiary/aromatic N) is 4. The van der Waals surface area contributed by atoms with E-state index < -0.39 is 56.6 Å². The van der Waals surface area contributed by atoms with Crippen LogP contribution in [-0.2, 0) is 23.4 Å². The monoisotopic (exact) mass is 590 g/mol. The van der Waals surface area contributed by atoms with Crippen molar-refractivity contribution in [1.82, 2.24) is 24.6 Å². The number of aromatic nitrogens is 4. The maximum Gasteiger partial charge on any atom is 0.459 e. The lowest BCUT2D eigenvalue weighted by molar-refractivity contribution is -0.149. The Bertz CT molecular complexity index is 1480. The molecule has 15 heteroatoms. The standard InChI is InChI=1S/C26H32FN6O7P/c1-7-26(27)21(34)19(39-25(26)33-14-29-20-22(28-6)30-17(5)31-23(20)33)13-37-41(36,40-18-11-9-8-10-12-18)32-16(4)24(35)38-15(2)3/h1,8-12,14-16,19,21,25,34H,13H2,2-6H3,(H,32,36)(H,28,30,31)/t16-,19+,21+,25+,26+,41?/m0/s1. The van der Waals surface area contributed by atoms with E-state index in [0.717, 1.165) is 0 Å². The quantitative estimate of drug-likeness (QED) is 0.171. The molecule has 1 aromatic carbocycles. The van der Waals surface area contributed by atoms with Crippen LogP contribution in [0.4, 0.5) is 10.2 Å². The van der Waals surface area contributed by atoms with Crippen molar-refractivity contribution in [2.24, 2.45) is 0 Å². The predicted octanol–water partition coefficient (Wildman–Crippen LogP) is 2.91. The van der Waals surface area contributed by atoms with E-state index >= 15 is 4.39 Å². The number of hydrogen-bond acceptors (Lipinski definition) is 11. The van der Waals surface area contributed by atoms with Crippen molar-refractivity contribution in [1.29, 1.82) is 0 Å². The van der Waals surface area contributed by atoms with E-state index in [1.165, 1.54) is 30.0 Å². The van der Waals surface area contributed by atoms with Crippen LogP contribution in [0.25, 0.3) is 11.2 Å². The second kappa shape index (κ2) is 12.1. The largest absolute Gasteiger partial charge is 0.462 e. The summed E-state index contributed by atoms with van der Waals surface area (Å²) in [4.78, 5) is 25.3. The second-order valence-corrected chi connectivity index (χ2v) is 11.3. The van der Waals surface area contributed by atoms with Crippen LogP contribution in [0.5, 0.6) is 5.75 Å². The summed E-state index contributed by atoms with van der Waals surface area (Å²) in [5, 5.41) is 16.4. The summed E-state index contributed by atoms with van der Waals surface area (Å²) in [6.45, 7) is 5.78. The van der Waals surface area contributed by atoms with E-state index in [0.29, 0.717) is 17.2 Å². The number of terminal acetylenes is 1. The number of benzene rings is 1. The third kappa shape index (κ3) is 6.34. The van der Waals surface area contributed by atoms with Crippen LogP contribution < -0.4 is 14.9 Å². The van der Waals surface area contributed by atoms with Crippen LogP contribution >= 0.6 is 7.75 Å². The molecule has 220 valence electrons. The Balaban J connectivity index is 1.60. The van der Waals surface area contributed by atoms with E-state index in [4.69, 9.17) is 24.9 Å². The first-order valence-corrected chi connectivity index (χ1v) is 14.3. The maximum absolute atomic E-state index is 16.2. The van der Waals surface area contributed by atoms with Crippen LogP contribution in [0.1, 0.15) is 32.8 Å². The van der Waals surface area contributed by atoms with Crippen molar-refractivity contribution in [2.75, 3.05) is 19.0 Å². The highest BCUT2D eigenvalue weighted by Gasteiger charge is 2.58. The zero-order chi connectivity index (χ0) is 29.9. The molecule has 1 unspecified atom stereocenters. The lowest BCUT2D eigenvalue weighted by atomic mass is 9.97. The number of carbonyl (C=O) groups excluding carboxylic acids is 1. The Morgan fingerprint density at radius 1 is 1.32 bits per heavy atom. The molecule has 0 amide bonds. The van der Waals surface area contributed by atoms with Crippen molar-refractivity contribution in [2.45, 2.75) is 63.9 Å². The number of aliphatic hydroxyl groups is 1. The van der Waals surface area contributed by atoms with E-state index in [1.807, 2.05) is 5.92 Å². The molecule has 4 rings (SSSR count). The molecule has 0 bridgehead atoms. The Morgan fingerprint density at radius 2 is 2.02 bits per heavy atom. The second-order valence-electron chi connectivity index (χ2n) is 9.61. The van der Waals surface area contributed by atoms with E-state index in [2.05, 4.69) is 25.4 Å². The number of carbonyl (C=O) groups is 1. The zero-order valence-electron chi connectivity index (χ0n) is 23.1. The number of rotatable bonds is 11. The highest BCUT2D eigenvalue weighted by Crippen LogP contribution is 2.48. The van der Waals surface area contributed by atoms with Gasteiger partial charge in [0.15, 0.2) is 23.2 Å². The molecule has 3 aromatic rings. The van der Waals surface area contributed by atoms with Crippen LogP contribution in [-0.4, -0.2) is 74.3 Å². The minimum atomic E-state index is -4.32. The summed E-state index contributed by atoms with van der Waals surface area (Å²) in [6, 6.07) is 6.98. The van der Waals surface area contributed by atoms with Gasteiger partial charge in [-0.2, -0.15) is 5.09 Å². The summed E-state index contributed by atoms with van der Waals surface area (Å²) >= 11 is 0. The third-order valence-corrected chi connectivity index (χ3v) is 7.77. The molecule has 0 aliphatic carbocycles. The molecule has 1 aliphatic heterocycles. The number of aryl methyl sites for hydroxylation is 1. The minimum Gasteiger partial charge on any atom is -0.462 e. The van der Waals surface area contributed by atoms with Gasteiger partial charge >= 0.3 is 13.7 Å². The minimum absolute atomic E-state index is 0.169. The molecule has 2 aromatic heterocycles.